The molecule has 8 nitrogen and oxygen atoms in total. The summed E-state index contributed by atoms with van der Waals surface area (Å²) in [7, 11) is 4.64. The van der Waals surface area contributed by atoms with E-state index in [0.29, 0.717) is 35.2 Å². The molecule has 2 aromatic rings. The van der Waals surface area contributed by atoms with Crippen LogP contribution in [0.1, 0.15) is 19.3 Å². The fourth-order valence-corrected chi connectivity index (χ4v) is 3.20. The predicted molar refractivity (Wildman–Crippen MR) is 116 cm³/mol. The molecular formula is C23H28N2O6. The molecule has 1 aliphatic rings. The summed E-state index contributed by atoms with van der Waals surface area (Å²) in [5.41, 5.74) is 0.524. The molecule has 0 aliphatic heterocycles. The van der Waals surface area contributed by atoms with Crippen molar-refractivity contribution >= 4 is 17.5 Å². The first-order valence-electron chi connectivity index (χ1n) is 10.1. The van der Waals surface area contributed by atoms with Crippen LogP contribution in [0.5, 0.6) is 23.0 Å². The molecule has 3 rings (SSSR count). The van der Waals surface area contributed by atoms with Gasteiger partial charge in [-0.1, -0.05) is 12.1 Å². The molecule has 8 heteroatoms. The minimum absolute atomic E-state index is 0.109. The number of carbonyl (C=O) groups excluding carboxylic acids is 2. The molecule has 0 heterocycles. The van der Waals surface area contributed by atoms with Crippen LogP contribution in [0.3, 0.4) is 0 Å². The number of nitrogens with zero attached hydrogens (tertiary/aromatic N) is 1. The molecule has 0 saturated heterocycles. The summed E-state index contributed by atoms with van der Waals surface area (Å²) >= 11 is 0. The van der Waals surface area contributed by atoms with Crippen LogP contribution in [0.4, 0.5) is 5.69 Å². The van der Waals surface area contributed by atoms with E-state index in [2.05, 4.69) is 5.32 Å². The average Bonchev–Trinajstić information content (AvgIpc) is 3.63. The van der Waals surface area contributed by atoms with Crippen molar-refractivity contribution in [3.63, 3.8) is 0 Å². The van der Waals surface area contributed by atoms with E-state index in [4.69, 9.17) is 18.9 Å². The highest BCUT2D eigenvalue weighted by Crippen LogP contribution is 2.30. The zero-order valence-electron chi connectivity index (χ0n) is 18.1. The Morgan fingerprint density at radius 3 is 2.32 bits per heavy atom. The smallest absolute Gasteiger partial charge is 0.260 e. The average molecular weight is 428 g/mol. The van der Waals surface area contributed by atoms with E-state index in [1.165, 1.54) is 7.11 Å². The van der Waals surface area contributed by atoms with E-state index < -0.39 is 0 Å². The van der Waals surface area contributed by atoms with Crippen LogP contribution in [-0.2, 0) is 9.59 Å². The summed E-state index contributed by atoms with van der Waals surface area (Å²) in [4.78, 5) is 27.0. The van der Waals surface area contributed by atoms with Gasteiger partial charge < -0.3 is 29.2 Å². The van der Waals surface area contributed by atoms with E-state index >= 15 is 0 Å². The van der Waals surface area contributed by atoms with Crippen LogP contribution in [0.25, 0.3) is 0 Å². The van der Waals surface area contributed by atoms with Crippen molar-refractivity contribution in [3.05, 3.63) is 42.5 Å². The van der Waals surface area contributed by atoms with E-state index in [1.54, 1.807) is 49.5 Å². The maximum absolute atomic E-state index is 12.7. The molecule has 1 N–H and O–H groups in total. The largest absolute Gasteiger partial charge is 0.497 e. The Hall–Kier alpha value is -3.42. The molecule has 1 aliphatic carbocycles. The van der Waals surface area contributed by atoms with Gasteiger partial charge in [-0.2, -0.15) is 0 Å². The third-order valence-electron chi connectivity index (χ3n) is 4.99. The van der Waals surface area contributed by atoms with Gasteiger partial charge in [0.2, 0.25) is 5.91 Å². The quantitative estimate of drug-likeness (QED) is 0.592. The van der Waals surface area contributed by atoms with Gasteiger partial charge in [-0.3, -0.25) is 9.59 Å². The number of anilines is 1. The fourth-order valence-electron chi connectivity index (χ4n) is 3.20. The van der Waals surface area contributed by atoms with Crippen molar-refractivity contribution in [1.29, 1.82) is 0 Å². The van der Waals surface area contributed by atoms with Crippen LogP contribution in [-0.4, -0.2) is 57.2 Å². The highest BCUT2D eigenvalue weighted by molar-refractivity contribution is 5.93. The van der Waals surface area contributed by atoms with Gasteiger partial charge >= 0.3 is 0 Å². The van der Waals surface area contributed by atoms with E-state index in [-0.39, 0.29) is 30.9 Å². The molecule has 0 atom stereocenters. The third-order valence-corrected chi connectivity index (χ3v) is 4.99. The van der Waals surface area contributed by atoms with Crippen molar-refractivity contribution in [2.24, 2.45) is 0 Å². The van der Waals surface area contributed by atoms with Gasteiger partial charge in [0.15, 0.2) is 18.1 Å². The number of rotatable bonds is 11. The Morgan fingerprint density at radius 1 is 0.968 bits per heavy atom. The summed E-state index contributed by atoms with van der Waals surface area (Å²) in [6.45, 7) is 0.207. The lowest BCUT2D eigenvalue weighted by molar-refractivity contribution is -0.134. The van der Waals surface area contributed by atoms with E-state index in [1.807, 2.05) is 12.1 Å². The highest BCUT2D eigenvalue weighted by Gasteiger charge is 2.33. The fraction of sp³-hybridized carbons (Fsp3) is 0.391. The van der Waals surface area contributed by atoms with Crippen LogP contribution < -0.4 is 24.3 Å². The van der Waals surface area contributed by atoms with Gasteiger partial charge in [0.05, 0.1) is 27.0 Å². The number of amides is 2. The van der Waals surface area contributed by atoms with Crippen LogP contribution in [0, 0.1) is 0 Å². The monoisotopic (exact) mass is 428 g/mol. The zero-order chi connectivity index (χ0) is 22.2. The van der Waals surface area contributed by atoms with Gasteiger partial charge in [-0.25, -0.2) is 0 Å². The second-order valence-electron chi connectivity index (χ2n) is 7.12. The van der Waals surface area contributed by atoms with Gasteiger partial charge in [0, 0.05) is 25.1 Å². The Balaban J connectivity index is 1.56. The van der Waals surface area contributed by atoms with Crippen molar-refractivity contribution < 1.29 is 28.5 Å². The number of hydrogen-bond acceptors (Lipinski definition) is 6. The molecule has 2 aromatic carbocycles. The van der Waals surface area contributed by atoms with E-state index in [0.717, 1.165) is 12.8 Å². The van der Waals surface area contributed by atoms with Crippen molar-refractivity contribution in [1.82, 2.24) is 4.90 Å². The van der Waals surface area contributed by atoms with Crippen LogP contribution in [0.2, 0.25) is 0 Å². The van der Waals surface area contributed by atoms with Crippen molar-refractivity contribution in [2.45, 2.75) is 25.3 Å². The number of para-hydroxylation sites is 2. The van der Waals surface area contributed by atoms with Gasteiger partial charge in [-0.15, -0.1) is 0 Å². The molecule has 0 spiro atoms. The van der Waals surface area contributed by atoms with Crippen molar-refractivity contribution in [3.8, 4) is 23.0 Å². The molecule has 0 bridgehead atoms. The Morgan fingerprint density at radius 2 is 1.68 bits per heavy atom. The topological polar surface area (TPSA) is 86.3 Å². The zero-order valence-corrected chi connectivity index (χ0v) is 18.1. The van der Waals surface area contributed by atoms with Crippen LogP contribution >= 0.6 is 0 Å². The number of nitrogens with one attached hydrogen (secondary N) is 1. The van der Waals surface area contributed by atoms with Gasteiger partial charge in [0.1, 0.15) is 11.5 Å². The Labute approximate surface area is 182 Å². The second kappa shape index (κ2) is 10.6. The molecule has 1 fully saturated rings. The lowest BCUT2D eigenvalue weighted by Gasteiger charge is -2.22. The molecular weight excluding hydrogens is 400 g/mol. The maximum atomic E-state index is 12.7. The number of methoxy groups -OCH3 is 3. The summed E-state index contributed by atoms with van der Waals surface area (Å²) in [5, 5.41) is 2.83. The lowest BCUT2D eigenvalue weighted by atomic mass is 10.2. The highest BCUT2D eigenvalue weighted by atomic mass is 16.5. The standard InChI is InChI=1S/C23H28N2O6/c1-28-17-10-11-19(29-2)18(14-17)24-22(26)12-13-25(16-8-9-16)23(27)15-31-21-7-5-4-6-20(21)30-3/h4-7,10-11,14,16H,8-9,12-13,15H2,1-3H3,(H,24,26). The molecule has 0 aromatic heterocycles. The lowest BCUT2D eigenvalue weighted by Crippen LogP contribution is -2.38. The van der Waals surface area contributed by atoms with Crippen molar-refractivity contribution in [2.75, 3.05) is 39.8 Å². The Kier molecular flexibility index (Phi) is 7.59. The molecule has 0 unspecified atom stereocenters. The predicted octanol–water partition coefficient (Wildman–Crippen LogP) is 3.11. The first-order valence-corrected chi connectivity index (χ1v) is 10.1. The minimum Gasteiger partial charge on any atom is -0.497 e. The maximum Gasteiger partial charge on any atom is 0.260 e. The summed E-state index contributed by atoms with van der Waals surface area (Å²) in [5.74, 6) is 1.86. The summed E-state index contributed by atoms with van der Waals surface area (Å²) < 4.78 is 21.4. The summed E-state index contributed by atoms with van der Waals surface area (Å²) in [6.07, 6.45) is 2.04. The SMILES string of the molecule is COc1ccc(OC)c(NC(=O)CCN(C(=O)COc2ccccc2OC)C2CC2)c1. The Bertz CT molecular complexity index is 913. The molecule has 1 saturated carbocycles. The number of hydrogen-bond donors (Lipinski definition) is 1. The van der Waals surface area contributed by atoms with Gasteiger partial charge in [0.25, 0.3) is 5.91 Å². The summed E-state index contributed by atoms with van der Waals surface area (Å²) in [6, 6.07) is 12.5. The number of carbonyl (C=O) groups is 2. The van der Waals surface area contributed by atoms with Crippen LogP contribution in [0.15, 0.2) is 42.5 Å². The molecule has 2 amide bonds. The first-order chi connectivity index (χ1) is 15.0. The van der Waals surface area contributed by atoms with Gasteiger partial charge in [-0.05, 0) is 37.1 Å². The first kappa shape index (κ1) is 22.3. The van der Waals surface area contributed by atoms with E-state index in [9.17, 15) is 9.59 Å². The minimum atomic E-state index is -0.212. The molecule has 31 heavy (non-hydrogen) atoms. The normalized spacial score (nSPS) is 12.6. The number of ether oxygens (including phenoxy) is 4. The molecule has 166 valence electrons. The molecule has 0 radical (unpaired) electrons. The number of benzene rings is 2. The third kappa shape index (κ3) is 6.04. The second-order valence-corrected chi connectivity index (χ2v) is 7.12.